The Morgan fingerprint density at radius 3 is 2.77 bits per heavy atom. The maximum Gasteiger partial charge on any atom is 0.142 e. The molecule has 1 N–H and O–H groups in total. The normalized spacial score (nSPS) is 29.8. The molecule has 1 heterocycles. The molecule has 1 atom stereocenters. The molecule has 1 aliphatic rings. The lowest BCUT2D eigenvalue weighted by Gasteiger charge is -2.33. The minimum absolute atomic E-state index is 0.0385. The van der Waals surface area contributed by atoms with Gasteiger partial charge in [0.05, 0.1) is 6.61 Å². The first-order valence-electron chi connectivity index (χ1n) is 4.97. The second-order valence-electron chi connectivity index (χ2n) is 4.32. The van der Waals surface area contributed by atoms with Crippen LogP contribution < -0.4 is 0 Å². The van der Waals surface area contributed by atoms with Gasteiger partial charge >= 0.3 is 0 Å². The van der Waals surface area contributed by atoms with E-state index in [9.17, 15) is 9.90 Å². The highest BCUT2D eigenvalue weighted by Gasteiger charge is 2.40. The second kappa shape index (κ2) is 4.20. The van der Waals surface area contributed by atoms with Crippen molar-refractivity contribution in [3.05, 3.63) is 0 Å². The number of rotatable bonds is 4. The van der Waals surface area contributed by atoms with Crippen LogP contribution >= 0.6 is 0 Å². The predicted octanol–water partition coefficient (Wildman–Crippen LogP) is 0.668. The summed E-state index contributed by atoms with van der Waals surface area (Å²) in [6.07, 6.45) is 2.74. The summed E-state index contributed by atoms with van der Waals surface area (Å²) in [5, 5.41) is 9.23. The molecule has 13 heavy (non-hydrogen) atoms. The highest BCUT2D eigenvalue weighted by molar-refractivity contribution is 5.65. The van der Waals surface area contributed by atoms with Crippen molar-refractivity contribution >= 4 is 6.29 Å². The highest BCUT2D eigenvalue weighted by Crippen LogP contribution is 2.27. The van der Waals surface area contributed by atoms with Crippen LogP contribution in [0.1, 0.15) is 26.7 Å². The molecule has 0 aliphatic carbocycles. The van der Waals surface area contributed by atoms with Crippen molar-refractivity contribution in [2.24, 2.45) is 5.92 Å². The van der Waals surface area contributed by atoms with Crippen molar-refractivity contribution in [2.45, 2.75) is 32.2 Å². The van der Waals surface area contributed by atoms with Crippen LogP contribution in [0.4, 0.5) is 0 Å². The Labute approximate surface area is 79.7 Å². The van der Waals surface area contributed by atoms with Crippen LogP contribution in [0, 0.1) is 5.92 Å². The van der Waals surface area contributed by atoms with Gasteiger partial charge in [0.15, 0.2) is 0 Å². The number of carbonyl (C=O) groups excluding carboxylic acids is 1. The predicted molar refractivity (Wildman–Crippen MR) is 51.5 cm³/mol. The lowest BCUT2D eigenvalue weighted by atomic mass is 9.98. The number of nitrogens with zero attached hydrogens (tertiary/aromatic N) is 1. The molecule has 0 spiro atoms. The highest BCUT2D eigenvalue weighted by atomic mass is 16.3. The van der Waals surface area contributed by atoms with E-state index >= 15 is 0 Å². The molecule has 0 aromatic heterocycles. The van der Waals surface area contributed by atoms with E-state index in [1.54, 1.807) is 0 Å². The van der Waals surface area contributed by atoms with Gasteiger partial charge in [-0.3, -0.25) is 4.90 Å². The molecule has 1 fully saturated rings. The standard InChI is InChI=1S/C10H19NO2/c1-9(2)6-11-5-3-4-10(11,7-12)8-13/h7,9,13H,3-6,8H2,1-2H3. The molecule has 1 saturated heterocycles. The van der Waals surface area contributed by atoms with Gasteiger partial charge in [-0.15, -0.1) is 0 Å². The van der Waals surface area contributed by atoms with Crippen LogP contribution in [0.25, 0.3) is 0 Å². The van der Waals surface area contributed by atoms with Crippen LogP contribution in [0.5, 0.6) is 0 Å². The molecule has 1 aliphatic heterocycles. The first-order valence-corrected chi connectivity index (χ1v) is 4.97. The Morgan fingerprint density at radius 2 is 2.31 bits per heavy atom. The van der Waals surface area contributed by atoms with Crippen molar-refractivity contribution in [3.8, 4) is 0 Å². The van der Waals surface area contributed by atoms with Crippen molar-refractivity contribution in [1.82, 2.24) is 4.90 Å². The number of hydrogen-bond donors (Lipinski definition) is 1. The molecular formula is C10H19NO2. The molecule has 0 radical (unpaired) electrons. The van der Waals surface area contributed by atoms with E-state index in [1.165, 1.54) is 0 Å². The van der Waals surface area contributed by atoms with Gasteiger partial charge in [-0.2, -0.15) is 0 Å². The molecule has 3 heteroatoms. The van der Waals surface area contributed by atoms with Crippen LogP contribution in [0.2, 0.25) is 0 Å². The molecule has 0 aromatic carbocycles. The van der Waals surface area contributed by atoms with Crippen molar-refractivity contribution < 1.29 is 9.90 Å². The Balaban J connectivity index is 2.66. The van der Waals surface area contributed by atoms with E-state index in [0.29, 0.717) is 5.92 Å². The Morgan fingerprint density at radius 1 is 1.62 bits per heavy atom. The van der Waals surface area contributed by atoms with Gasteiger partial charge in [-0.1, -0.05) is 13.8 Å². The zero-order valence-electron chi connectivity index (χ0n) is 8.49. The number of hydrogen-bond acceptors (Lipinski definition) is 3. The summed E-state index contributed by atoms with van der Waals surface area (Å²) in [6, 6.07) is 0. The zero-order valence-corrected chi connectivity index (χ0v) is 8.49. The average molecular weight is 185 g/mol. The summed E-state index contributed by atoms with van der Waals surface area (Å²) < 4.78 is 0. The van der Waals surface area contributed by atoms with Crippen molar-refractivity contribution in [2.75, 3.05) is 19.7 Å². The molecule has 1 unspecified atom stereocenters. The molecular weight excluding hydrogens is 166 g/mol. The van der Waals surface area contributed by atoms with E-state index in [1.807, 2.05) is 0 Å². The molecule has 0 bridgehead atoms. The number of aliphatic hydroxyl groups is 1. The Kier molecular flexibility index (Phi) is 3.45. The summed E-state index contributed by atoms with van der Waals surface area (Å²) in [5.74, 6) is 0.545. The first kappa shape index (κ1) is 10.7. The van der Waals surface area contributed by atoms with E-state index in [4.69, 9.17) is 0 Å². The molecule has 0 saturated carbocycles. The van der Waals surface area contributed by atoms with Gasteiger partial charge in [0.25, 0.3) is 0 Å². The zero-order chi connectivity index (χ0) is 9.90. The first-order chi connectivity index (χ1) is 6.14. The second-order valence-corrected chi connectivity index (χ2v) is 4.32. The topological polar surface area (TPSA) is 40.5 Å². The average Bonchev–Trinajstić information content (AvgIpc) is 2.48. The smallest absolute Gasteiger partial charge is 0.142 e. The fourth-order valence-corrected chi connectivity index (χ4v) is 2.02. The number of carbonyl (C=O) groups is 1. The fraction of sp³-hybridized carbons (Fsp3) is 0.900. The fourth-order valence-electron chi connectivity index (χ4n) is 2.02. The van der Waals surface area contributed by atoms with Gasteiger partial charge in [0.2, 0.25) is 0 Å². The maximum absolute atomic E-state index is 11.0. The van der Waals surface area contributed by atoms with E-state index in [2.05, 4.69) is 18.7 Å². The van der Waals surface area contributed by atoms with E-state index < -0.39 is 5.54 Å². The van der Waals surface area contributed by atoms with Gasteiger partial charge in [-0.25, -0.2) is 0 Å². The third-order valence-electron chi connectivity index (χ3n) is 2.75. The summed E-state index contributed by atoms with van der Waals surface area (Å²) in [4.78, 5) is 13.1. The SMILES string of the molecule is CC(C)CN1CCCC1(C=O)CO. The quantitative estimate of drug-likeness (QED) is 0.654. The third kappa shape index (κ3) is 2.09. The number of aliphatic hydroxyl groups excluding tert-OH is 1. The van der Waals surface area contributed by atoms with E-state index in [-0.39, 0.29) is 6.61 Å². The summed E-state index contributed by atoms with van der Waals surface area (Å²) in [5.41, 5.74) is -0.565. The summed E-state index contributed by atoms with van der Waals surface area (Å²) in [7, 11) is 0. The van der Waals surface area contributed by atoms with Gasteiger partial charge in [-0.05, 0) is 25.3 Å². The Bertz CT molecular complexity index is 182. The van der Waals surface area contributed by atoms with Crippen molar-refractivity contribution in [1.29, 1.82) is 0 Å². The largest absolute Gasteiger partial charge is 0.394 e. The van der Waals surface area contributed by atoms with Crippen LogP contribution in [-0.2, 0) is 4.79 Å². The molecule has 0 aromatic rings. The van der Waals surface area contributed by atoms with Crippen molar-refractivity contribution in [3.63, 3.8) is 0 Å². The minimum atomic E-state index is -0.565. The number of likely N-dealkylation sites (tertiary alicyclic amines) is 1. The number of aldehydes is 1. The van der Waals surface area contributed by atoms with Gasteiger partial charge in [0, 0.05) is 6.54 Å². The van der Waals surface area contributed by atoms with Gasteiger partial charge < -0.3 is 9.90 Å². The molecule has 0 amide bonds. The maximum atomic E-state index is 11.0. The lowest BCUT2D eigenvalue weighted by molar-refractivity contribution is -0.119. The summed E-state index contributed by atoms with van der Waals surface area (Å²) in [6.45, 7) is 6.07. The van der Waals surface area contributed by atoms with E-state index in [0.717, 1.165) is 32.2 Å². The van der Waals surface area contributed by atoms with Gasteiger partial charge in [0.1, 0.15) is 11.8 Å². The molecule has 3 nitrogen and oxygen atoms in total. The molecule has 76 valence electrons. The third-order valence-corrected chi connectivity index (χ3v) is 2.75. The monoisotopic (exact) mass is 185 g/mol. The summed E-state index contributed by atoms with van der Waals surface area (Å²) >= 11 is 0. The lowest BCUT2D eigenvalue weighted by Crippen LogP contribution is -2.49. The van der Waals surface area contributed by atoms with Crippen LogP contribution in [0.3, 0.4) is 0 Å². The Hall–Kier alpha value is -0.410. The molecule has 1 rings (SSSR count). The van der Waals surface area contributed by atoms with Crippen LogP contribution in [0.15, 0.2) is 0 Å². The minimum Gasteiger partial charge on any atom is -0.394 e. The van der Waals surface area contributed by atoms with Crippen LogP contribution in [-0.4, -0.2) is 41.5 Å².